The smallest absolute Gasteiger partial charge is 0.328 e. The zero-order chi connectivity index (χ0) is 16.8. The van der Waals surface area contributed by atoms with E-state index >= 15 is 0 Å². The van der Waals surface area contributed by atoms with E-state index in [1.807, 2.05) is 0 Å². The van der Waals surface area contributed by atoms with Crippen LogP contribution in [0.25, 0.3) is 0 Å². The predicted octanol–water partition coefficient (Wildman–Crippen LogP) is 2.22. The number of hydrogen-bond acceptors (Lipinski definition) is 4. The summed E-state index contributed by atoms with van der Waals surface area (Å²) < 4.78 is 6.15. The van der Waals surface area contributed by atoms with E-state index in [9.17, 15) is 14.4 Å². The van der Waals surface area contributed by atoms with Gasteiger partial charge in [-0.2, -0.15) is 0 Å². The summed E-state index contributed by atoms with van der Waals surface area (Å²) in [5.74, 6) is -0.884. The first kappa shape index (κ1) is 16.5. The second-order valence-corrected chi connectivity index (χ2v) is 4.88. The van der Waals surface area contributed by atoms with Gasteiger partial charge in [0.15, 0.2) is 0 Å². The molecule has 1 N–H and O–H groups in total. The molecule has 120 valence electrons. The molecule has 2 rings (SSSR count). The summed E-state index contributed by atoms with van der Waals surface area (Å²) in [7, 11) is 0. The molecule has 0 fully saturated rings. The number of hydrogen-bond donors (Lipinski definition) is 1. The number of anilines is 1. The SMILES string of the molecule is CCOC(=O)C(C)n1cccc(NC(=O)c2ccccc2)c1=O. The van der Waals surface area contributed by atoms with Gasteiger partial charge in [-0.1, -0.05) is 18.2 Å². The van der Waals surface area contributed by atoms with E-state index < -0.39 is 17.6 Å². The van der Waals surface area contributed by atoms with Gasteiger partial charge in [0.05, 0.1) is 6.61 Å². The fraction of sp³-hybridized carbons (Fsp3) is 0.235. The number of ether oxygens (including phenoxy) is 1. The Morgan fingerprint density at radius 1 is 1.17 bits per heavy atom. The maximum atomic E-state index is 12.4. The Morgan fingerprint density at radius 3 is 2.52 bits per heavy atom. The van der Waals surface area contributed by atoms with Gasteiger partial charge in [0.2, 0.25) is 0 Å². The fourth-order valence-corrected chi connectivity index (χ4v) is 2.07. The molecule has 0 aliphatic heterocycles. The predicted molar refractivity (Wildman–Crippen MR) is 86.4 cm³/mol. The molecule has 1 heterocycles. The van der Waals surface area contributed by atoms with Crippen LogP contribution in [0.5, 0.6) is 0 Å². The molecule has 1 amide bonds. The van der Waals surface area contributed by atoms with Crippen LogP contribution in [0.15, 0.2) is 53.5 Å². The molecular formula is C17H18N2O4. The number of pyridine rings is 1. The van der Waals surface area contributed by atoms with Crippen LogP contribution < -0.4 is 10.9 Å². The Hall–Kier alpha value is -2.89. The van der Waals surface area contributed by atoms with Crippen LogP contribution >= 0.6 is 0 Å². The number of benzene rings is 1. The van der Waals surface area contributed by atoms with Crippen molar-refractivity contribution >= 4 is 17.6 Å². The van der Waals surface area contributed by atoms with E-state index in [0.29, 0.717) is 5.56 Å². The summed E-state index contributed by atoms with van der Waals surface area (Å²) in [6.45, 7) is 3.51. The Balaban J connectivity index is 2.25. The van der Waals surface area contributed by atoms with Gasteiger partial charge in [-0.05, 0) is 38.1 Å². The van der Waals surface area contributed by atoms with E-state index in [2.05, 4.69) is 5.32 Å². The van der Waals surface area contributed by atoms with Crippen molar-refractivity contribution in [3.63, 3.8) is 0 Å². The Bertz CT molecular complexity index is 753. The molecule has 1 atom stereocenters. The average molecular weight is 314 g/mol. The van der Waals surface area contributed by atoms with Gasteiger partial charge in [0.25, 0.3) is 11.5 Å². The third kappa shape index (κ3) is 3.85. The highest BCUT2D eigenvalue weighted by atomic mass is 16.5. The first-order valence-corrected chi connectivity index (χ1v) is 7.28. The minimum atomic E-state index is -0.768. The van der Waals surface area contributed by atoms with Gasteiger partial charge in [-0.15, -0.1) is 0 Å². The van der Waals surface area contributed by atoms with Gasteiger partial charge in [0.1, 0.15) is 11.7 Å². The summed E-state index contributed by atoms with van der Waals surface area (Å²) in [6, 6.07) is 10.9. The molecule has 0 saturated heterocycles. The molecule has 0 saturated carbocycles. The molecule has 0 radical (unpaired) electrons. The largest absolute Gasteiger partial charge is 0.464 e. The van der Waals surface area contributed by atoms with Crippen molar-refractivity contribution < 1.29 is 14.3 Å². The highest BCUT2D eigenvalue weighted by Crippen LogP contribution is 2.09. The molecule has 0 aliphatic rings. The molecule has 6 nitrogen and oxygen atoms in total. The quantitative estimate of drug-likeness (QED) is 0.859. The number of nitrogens with zero attached hydrogens (tertiary/aromatic N) is 1. The number of amides is 1. The number of carbonyl (C=O) groups is 2. The zero-order valence-electron chi connectivity index (χ0n) is 13.0. The van der Waals surface area contributed by atoms with Gasteiger partial charge in [-0.3, -0.25) is 14.2 Å². The molecule has 1 aromatic carbocycles. The fourth-order valence-electron chi connectivity index (χ4n) is 2.07. The van der Waals surface area contributed by atoms with Crippen LogP contribution in [-0.4, -0.2) is 23.1 Å². The summed E-state index contributed by atoms with van der Waals surface area (Å²) in [5.41, 5.74) is 0.0931. The van der Waals surface area contributed by atoms with Crippen LogP contribution in [0.4, 0.5) is 5.69 Å². The van der Waals surface area contributed by atoms with Crippen molar-refractivity contribution in [2.45, 2.75) is 19.9 Å². The Labute approximate surface area is 133 Å². The lowest BCUT2D eigenvalue weighted by atomic mass is 10.2. The van der Waals surface area contributed by atoms with Crippen LogP contribution in [-0.2, 0) is 9.53 Å². The summed E-state index contributed by atoms with van der Waals surface area (Å²) >= 11 is 0. The average Bonchev–Trinajstić information content (AvgIpc) is 2.57. The van der Waals surface area contributed by atoms with Gasteiger partial charge in [-0.25, -0.2) is 4.79 Å². The molecule has 0 aliphatic carbocycles. The minimum absolute atomic E-state index is 0.109. The summed E-state index contributed by atoms with van der Waals surface area (Å²) in [5, 5.41) is 2.57. The van der Waals surface area contributed by atoms with E-state index in [4.69, 9.17) is 4.74 Å². The van der Waals surface area contributed by atoms with E-state index in [0.717, 1.165) is 0 Å². The number of rotatable bonds is 5. The van der Waals surface area contributed by atoms with E-state index in [1.165, 1.54) is 16.8 Å². The summed E-state index contributed by atoms with van der Waals surface area (Å²) in [6.07, 6.45) is 1.49. The monoisotopic (exact) mass is 314 g/mol. The summed E-state index contributed by atoms with van der Waals surface area (Å²) in [4.78, 5) is 36.3. The van der Waals surface area contributed by atoms with Gasteiger partial charge >= 0.3 is 5.97 Å². The van der Waals surface area contributed by atoms with Crippen molar-refractivity contribution in [3.8, 4) is 0 Å². The lowest BCUT2D eigenvalue weighted by Crippen LogP contribution is -2.31. The number of esters is 1. The number of carbonyl (C=O) groups excluding carboxylic acids is 2. The maximum Gasteiger partial charge on any atom is 0.328 e. The molecule has 0 spiro atoms. The molecular weight excluding hydrogens is 296 g/mol. The molecule has 2 aromatic rings. The normalized spacial score (nSPS) is 11.6. The molecule has 1 aromatic heterocycles. The van der Waals surface area contributed by atoms with Crippen LogP contribution in [0.1, 0.15) is 30.2 Å². The second kappa shape index (κ2) is 7.40. The topological polar surface area (TPSA) is 77.4 Å². The molecule has 0 bridgehead atoms. The van der Waals surface area contributed by atoms with E-state index in [-0.39, 0.29) is 18.2 Å². The Kier molecular flexibility index (Phi) is 5.30. The molecule has 1 unspecified atom stereocenters. The zero-order valence-corrected chi connectivity index (χ0v) is 13.0. The lowest BCUT2D eigenvalue weighted by Gasteiger charge is -2.15. The first-order chi connectivity index (χ1) is 11.0. The number of aromatic nitrogens is 1. The Morgan fingerprint density at radius 2 is 1.87 bits per heavy atom. The van der Waals surface area contributed by atoms with Gasteiger partial charge in [0, 0.05) is 11.8 Å². The third-order valence-corrected chi connectivity index (χ3v) is 3.30. The maximum absolute atomic E-state index is 12.4. The highest BCUT2D eigenvalue weighted by Gasteiger charge is 2.19. The third-order valence-electron chi connectivity index (χ3n) is 3.30. The standard InChI is InChI=1S/C17H18N2O4/c1-3-23-17(22)12(2)19-11-7-10-14(16(19)21)18-15(20)13-8-5-4-6-9-13/h4-12H,3H2,1-2H3,(H,18,20). The molecule has 6 heteroatoms. The minimum Gasteiger partial charge on any atom is -0.464 e. The van der Waals surface area contributed by atoms with Crippen molar-refractivity contribution in [2.24, 2.45) is 0 Å². The van der Waals surface area contributed by atoms with E-state index in [1.54, 1.807) is 50.2 Å². The van der Waals surface area contributed by atoms with Crippen molar-refractivity contribution in [1.82, 2.24) is 4.57 Å². The number of nitrogens with one attached hydrogen (secondary N) is 1. The van der Waals surface area contributed by atoms with Crippen molar-refractivity contribution in [3.05, 3.63) is 64.6 Å². The van der Waals surface area contributed by atoms with Crippen molar-refractivity contribution in [2.75, 3.05) is 11.9 Å². The lowest BCUT2D eigenvalue weighted by molar-refractivity contribution is -0.146. The van der Waals surface area contributed by atoms with Crippen LogP contribution in [0, 0.1) is 0 Å². The molecule has 23 heavy (non-hydrogen) atoms. The van der Waals surface area contributed by atoms with Gasteiger partial charge < -0.3 is 10.1 Å². The first-order valence-electron chi connectivity index (χ1n) is 7.28. The van der Waals surface area contributed by atoms with Crippen molar-refractivity contribution in [1.29, 1.82) is 0 Å². The van der Waals surface area contributed by atoms with Crippen LogP contribution in [0.2, 0.25) is 0 Å². The highest BCUT2D eigenvalue weighted by molar-refractivity contribution is 6.04. The van der Waals surface area contributed by atoms with Crippen LogP contribution in [0.3, 0.4) is 0 Å². The second-order valence-electron chi connectivity index (χ2n) is 4.88.